The van der Waals surface area contributed by atoms with Crippen molar-refractivity contribution in [1.29, 1.82) is 0 Å². The molecule has 10 heteroatoms. The van der Waals surface area contributed by atoms with Crippen molar-refractivity contribution >= 4 is 44.1 Å². The number of ether oxygens (including phenoxy) is 4. The van der Waals surface area contributed by atoms with Crippen LogP contribution in [0.4, 0.5) is 5.13 Å². The highest BCUT2D eigenvalue weighted by Gasteiger charge is 2.48. The van der Waals surface area contributed by atoms with Crippen LogP contribution in [0.5, 0.6) is 23.0 Å². The van der Waals surface area contributed by atoms with Gasteiger partial charge in [0.15, 0.2) is 16.6 Å². The number of anilines is 1. The first-order valence-corrected chi connectivity index (χ1v) is 14.3. The van der Waals surface area contributed by atoms with E-state index in [1.807, 2.05) is 32.0 Å². The van der Waals surface area contributed by atoms with E-state index >= 15 is 0 Å². The number of aromatic nitrogens is 1. The van der Waals surface area contributed by atoms with Crippen LogP contribution in [0.15, 0.2) is 66.2 Å². The maximum Gasteiger partial charge on any atom is 0.301 e. The summed E-state index contributed by atoms with van der Waals surface area (Å²) in [5, 5.41) is 11.9. The van der Waals surface area contributed by atoms with E-state index in [0.29, 0.717) is 71.2 Å². The second-order valence-electron chi connectivity index (χ2n) is 9.50. The highest BCUT2D eigenvalue weighted by atomic mass is 32.1. The predicted octanol–water partition coefficient (Wildman–Crippen LogP) is 5.88. The van der Waals surface area contributed by atoms with E-state index in [4.69, 9.17) is 18.9 Å². The number of thiazole rings is 1. The molecule has 0 saturated carbocycles. The molecule has 2 aliphatic heterocycles. The van der Waals surface area contributed by atoms with Crippen LogP contribution in [0.2, 0.25) is 0 Å². The summed E-state index contributed by atoms with van der Waals surface area (Å²) in [4.78, 5) is 33.3. The molecule has 0 unspecified atom stereocenters. The first-order chi connectivity index (χ1) is 20.0. The van der Waals surface area contributed by atoms with Gasteiger partial charge >= 0.3 is 5.91 Å². The zero-order valence-corrected chi connectivity index (χ0v) is 23.4. The van der Waals surface area contributed by atoms with Gasteiger partial charge in [-0.1, -0.05) is 30.4 Å². The molecule has 1 aromatic heterocycles. The molecule has 0 radical (unpaired) electrons. The molecule has 41 heavy (non-hydrogen) atoms. The fraction of sp³-hybridized carbons (Fsp3) is 0.258. The van der Waals surface area contributed by atoms with Gasteiger partial charge < -0.3 is 24.1 Å². The van der Waals surface area contributed by atoms with E-state index < -0.39 is 17.7 Å². The SMILES string of the molecule is CCCOc1ccc([C@@H]2/C(=C(\O)c3ccc4c(c3)OCCO4)C(=O)C(=O)N2c2nc3ccc(OCC)cc3s2)cc1. The quantitative estimate of drug-likeness (QED) is 0.158. The number of carbonyl (C=O) groups is 2. The van der Waals surface area contributed by atoms with Gasteiger partial charge in [0.25, 0.3) is 5.78 Å². The number of carbonyl (C=O) groups excluding carboxylic acids is 2. The second-order valence-corrected chi connectivity index (χ2v) is 10.5. The summed E-state index contributed by atoms with van der Waals surface area (Å²) in [6, 6.07) is 16.7. The molecule has 3 heterocycles. The molecule has 0 spiro atoms. The van der Waals surface area contributed by atoms with Crippen LogP contribution in [0, 0.1) is 0 Å². The molecule has 1 saturated heterocycles. The Morgan fingerprint density at radius 2 is 1.73 bits per heavy atom. The molecule has 210 valence electrons. The number of Topliss-reactive ketones (excluding diaryl/α,β-unsaturated/α-hetero) is 1. The number of aliphatic hydroxyl groups is 1. The summed E-state index contributed by atoms with van der Waals surface area (Å²) in [7, 11) is 0. The minimum absolute atomic E-state index is 0.0387. The van der Waals surface area contributed by atoms with Crippen LogP contribution in [0.25, 0.3) is 16.0 Å². The van der Waals surface area contributed by atoms with Crippen LogP contribution in [0.3, 0.4) is 0 Å². The maximum absolute atomic E-state index is 13.6. The van der Waals surface area contributed by atoms with Gasteiger partial charge in [-0.3, -0.25) is 14.5 Å². The number of aliphatic hydroxyl groups excluding tert-OH is 1. The van der Waals surface area contributed by atoms with E-state index in [0.717, 1.165) is 11.1 Å². The van der Waals surface area contributed by atoms with Crippen molar-refractivity contribution in [3.8, 4) is 23.0 Å². The van der Waals surface area contributed by atoms with Crippen molar-refractivity contribution < 1.29 is 33.6 Å². The second kappa shape index (κ2) is 11.1. The van der Waals surface area contributed by atoms with Gasteiger partial charge in [-0.15, -0.1) is 0 Å². The number of hydrogen-bond donors (Lipinski definition) is 1. The van der Waals surface area contributed by atoms with Gasteiger partial charge in [0.05, 0.1) is 35.0 Å². The number of fused-ring (bicyclic) bond motifs is 2. The summed E-state index contributed by atoms with van der Waals surface area (Å²) < 4.78 is 23.4. The summed E-state index contributed by atoms with van der Waals surface area (Å²) in [5.41, 5.74) is 1.60. The summed E-state index contributed by atoms with van der Waals surface area (Å²) in [6.45, 7) is 5.81. The molecule has 1 amide bonds. The Hall–Kier alpha value is -4.57. The fourth-order valence-electron chi connectivity index (χ4n) is 4.91. The number of nitrogens with zero attached hydrogens (tertiary/aromatic N) is 2. The zero-order valence-electron chi connectivity index (χ0n) is 22.6. The van der Waals surface area contributed by atoms with Gasteiger partial charge in [-0.2, -0.15) is 0 Å². The molecule has 3 aromatic carbocycles. The van der Waals surface area contributed by atoms with Crippen molar-refractivity contribution in [2.45, 2.75) is 26.3 Å². The number of amides is 1. The third-order valence-corrected chi connectivity index (χ3v) is 7.81. The lowest BCUT2D eigenvalue weighted by molar-refractivity contribution is -0.132. The molecule has 1 atom stereocenters. The van der Waals surface area contributed by atoms with Crippen LogP contribution in [-0.4, -0.2) is 48.2 Å². The van der Waals surface area contributed by atoms with E-state index in [1.165, 1.54) is 16.2 Å². The normalized spacial score (nSPS) is 17.7. The van der Waals surface area contributed by atoms with Gasteiger partial charge in [0.1, 0.15) is 30.5 Å². The maximum atomic E-state index is 13.6. The zero-order chi connectivity index (χ0) is 28.5. The average Bonchev–Trinajstić information content (AvgIpc) is 3.53. The van der Waals surface area contributed by atoms with Crippen LogP contribution >= 0.6 is 11.3 Å². The molecule has 1 N–H and O–H groups in total. The van der Waals surface area contributed by atoms with Crippen molar-refractivity contribution in [3.63, 3.8) is 0 Å². The minimum atomic E-state index is -0.921. The Balaban J connectivity index is 1.48. The molecule has 0 aliphatic carbocycles. The lowest BCUT2D eigenvalue weighted by Crippen LogP contribution is -2.29. The Kier molecular flexibility index (Phi) is 7.23. The lowest BCUT2D eigenvalue weighted by Gasteiger charge is -2.23. The number of benzene rings is 3. The van der Waals surface area contributed by atoms with Crippen molar-refractivity contribution in [3.05, 3.63) is 77.4 Å². The molecule has 6 rings (SSSR count). The van der Waals surface area contributed by atoms with Gasteiger partial charge in [-0.05, 0) is 67.4 Å². The van der Waals surface area contributed by atoms with E-state index in [-0.39, 0.29) is 11.3 Å². The predicted molar refractivity (Wildman–Crippen MR) is 155 cm³/mol. The van der Waals surface area contributed by atoms with E-state index in [2.05, 4.69) is 4.98 Å². The Morgan fingerprint density at radius 1 is 0.976 bits per heavy atom. The Morgan fingerprint density at radius 3 is 2.49 bits per heavy atom. The summed E-state index contributed by atoms with van der Waals surface area (Å²) >= 11 is 1.28. The fourth-order valence-corrected chi connectivity index (χ4v) is 5.93. The van der Waals surface area contributed by atoms with Gasteiger partial charge in [0, 0.05) is 5.56 Å². The van der Waals surface area contributed by atoms with Crippen LogP contribution < -0.4 is 23.8 Å². The number of rotatable bonds is 8. The lowest BCUT2D eigenvalue weighted by atomic mass is 9.95. The van der Waals surface area contributed by atoms with Crippen molar-refractivity contribution in [1.82, 2.24) is 4.98 Å². The first-order valence-electron chi connectivity index (χ1n) is 13.5. The third-order valence-electron chi connectivity index (χ3n) is 6.79. The Labute approximate surface area is 240 Å². The molecule has 9 nitrogen and oxygen atoms in total. The molecule has 1 fully saturated rings. The van der Waals surface area contributed by atoms with Crippen LogP contribution in [0.1, 0.15) is 37.4 Å². The van der Waals surface area contributed by atoms with Gasteiger partial charge in [0.2, 0.25) is 0 Å². The van der Waals surface area contributed by atoms with Crippen molar-refractivity contribution in [2.75, 3.05) is 31.3 Å². The number of hydrogen-bond acceptors (Lipinski definition) is 9. The highest BCUT2D eigenvalue weighted by molar-refractivity contribution is 7.22. The standard InChI is InChI=1S/C31H28N2O7S/c1-3-13-38-20-8-5-18(6-9-20)27-26(28(34)19-7-12-23-24(16-19)40-15-14-39-23)29(35)30(36)33(27)31-32-22-11-10-21(37-4-2)17-25(22)41-31/h5-12,16-17,27,34H,3-4,13-15H2,1-2H3/b28-26+/t27-/m1/s1. The summed E-state index contributed by atoms with van der Waals surface area (Å²) in [5.74, 6) is 0.484. The van der Waals surface area contributed by atoms with E-state index in [9.17, 15) is 14.7 Å². The van der Waals surface area contributed by atoms with Crippen molar-refractivity contribution in [2.24, 2.45) is 0 Å². The molecule has 2 aliphatic rings. The van der Waals surface area contributed by atoms with E-state index in [1.54, 1.807) is 42.5 Å². The third kappa shape index (κ3) is 4.95. The Bertz CT molecular complexity index is 1660. The monoisotopic (exact) mass is 572 g/mol. The molecular formula is C31H28N2O7S. The first kappa shape index (κ1) is 26.6. The summed E-state index contributed by atoms with van der Waals surface area (Å²) in [6.07, 6.45) is 0.861. The highest BCUT2D eigenvalue weighted by Crippen LogP contribution is 2.45. The molecular weight excluding hydrogens is 544 g/mol. The molecule has 4 aromatic rings. The average molecular weight is 573 g/mol. The van der Waals surface area contributed by atoms with Gasteiger partial charge in [-0.25, -0.2) is 4.98 Å². The smallest absolute Gasteiger partial charge is 0.301 e. The topological polar surface area (TPSA) is 107 Å². The van der Waals surface area contributed by atoms with Crippen LogP contribution in [-0.2, 0) is 9.59 Å². The number of ketones is 1. The minimum Gasteiger partial charge on any atom is -0.507 e. The molecule has 0 bridgehead atoms. The largest absolute Gasteiger partial charge is 0.507 e.